The molecule has 0 saturated heterocycles. The molecule has 18 heavy (non-hydrogen) atoms. The van der Waals surface area contributed by atoms with Crippen molar-refractivity contribution in [3.05, 3.63) is 40.3 Å². The minimum absolute atomic E-state index is 0.127. The first-order valence-corrected chi connectivity index (χ1v) is 6.25. The Hall–Kier alpha value is -1.88. The third kappa shape index (κ3) is 2.22. The maximum atomic E-state index is 14.2. The second-order valence-electron chi connectivity index (χ2n) is 3.52. The molecule has 0 atom stereocenters. The summed E-state index contributed by atoms with van der Waals surface area (Å²) in [6.07, 6.45) is 0. The van der Waals surface area contributed by atoms with Gasteiger partial charge in [0.25, 0.3) is 0 Å². The van der Waals surface area contributed by atoms with Gasteiger partial charge in [-0.1, -0.05) is 12.1 Å². The average molecular weight is 266 g/mol. The lowest BCUT2D eigenvalue weighted by Crippen LogP contribution is -1.98. The smallest absolute Gasteiger partial charge is 0.346 e. The summed E-state index contributed by atoms with van der Waals surface area (Å²) in [5.74, 6) is -1.45. The fraction of sp³-hybridized carbons (Fsp3) is 0.154. The van der Waals surface area contributed by atoms with Gasteiger partial charge in [0.1, 0.15) is 4.88 Å². The van der Waals surface area contributed by atoms with E-state index in [4.69, 9.17) is 9.84 Å². The van der Waals surface area contributed by atoms with Crippen LogP contribution >= 0.6 is 11.3 Å². The van der Waals surface area contributed by atoms with E-state index in [1.165, 1.54) is 6.07 Å². The van der Waals surface area contributed by atoms with E-state index in [1.54, 1.807) is 30.5 Å². The first-order chi connectivity index (χ1) is 8.65. The fourth-order valence-electron chi connectivity index (χ4n) is 1.67. The maximum absolute atomic E-state index is 14.2. The van der Waals surface area contributed by atoms with Gasteiger partial charge in [0, 0.05) is 11.1 Å². The number of thiophene rings is 1. The maximum Gasteiger partial charge on any atom is 0.346 e. The number of hydrogen-bond donors (Lipinski definition) is 1. The van der Waals surface area contributed by atoms with Crippen LogP contribution in [0.25, 0.3) is 11.1 Å². The molecule has 0 aliphatic rings. The number of carboxylic acid groups (broad SMARTS) is 1. The Labute approximate surface area is 107 Å². The lowest BCUT2D eigenvalue weighted by molar-refractivity contribution is 0.0703. The van der Waals surface area contributed by atoms with Crippen LogP contribution < -0.4 is 4.74 Å². The van der Waals surface area contributed by atoms with Crippen LogP contribution in [-0.2, 0) is 0 Å². The van der Waals surface area contributed by atoms with Gasteiger partial charge in [0.05, 0.1) is 6.61 Å². The molecule has 0 amide bonds. The van der Waals surface area contributed by atoms with Crippen molar-refractivity contribution in [1.82, 2.24) is 0 Å². The lowest BCUT2D eigenvalue weighted by Gasteiger charge is -2.08. The first kappa shape index (κ1) is 12.6. The molecule has 2 rings (SSSR count). The van der Waals surface area contributed by atoms with Gasteiger partial charge in [-0.2, -0.15) is 0 Å². The third-order valence-electron chi connectivity index (χ3n) is 2.41. The highest BCUT2D eigenvalue weighted by atomic mass is 32.1. The molecule has 0 radical (unpaired) electrons. The summed E-state index contributed by atoms with van der Waals surface area (Å²) in [6.45, 7) is 2.12. The van der Waals surface area contributed by atoms with E-state index in [9.17, 15) is 9.18 Å². The lowest BCUT2D eigenvalue weighted by atomic mass is 10.1. The van der Waals surface area contributed by atoms with Gasteiger partial charge in [-0.25, -0.2) is 9.18 Å². The molecule has 0 spiro atoms. The number of aromatic carboxylic acids is 1. The predicted octanol–water partition coefficient (Wildman–Crippen LogP) is 3.65. The molecule has 0 unspecified atom stereocenters. The molecule has 0 aliphatic carbocycles. The molecule has 5 heteroatoms. The first-order valence-electron chi connectivity index (χ1n) is 5.37. The summed E-state index contributed by atoms with van der Waals surface area (Å²) < 4.78 is 19.3. The van der Waals surface area contributed by atoms with Crippen LogP contribution in [0.4, 0.5) is 4.39 Å². The van der Waals surface area contributed by atoms with Crippen LogP contribution in [0.5, 0.6) is 5.75 Å². The van der Waals surface area contributed by atoms with Crippen molar-refractivity contribution in [2.24, 2.45) is 0 Å². The quantitative estimate of drug-likeness (QED) is 0.918. The van der Waals surface area contributed by atoms with Crippen LogP contribution in [-0.4, -0.2) is 17.7 Å². The van der Waals surface area contributed by atoms with Gasteiger partial charge in [-0.3, -0.25) is 0 Å². The SMILES string of the molecule is CCOc1cccc(-c2ccsc2C(=O)O)c1F. The van der Waals surface area contributed by atoms with Gasteiger partial charge in [-0.15, -0.1) is 11.3 Å². The summed E-state index contributed by atoms with van der Waals surface area (Å²) in [7, 11) is 0. The number of halogens is 1. The van der Waals surface area contributed by atoms with Crippen molar-refractivity contribution in [1.29, 1.82) is 0 Å². The normalized spacial score (nSPS) is 10.3. The number of ether oxygens (including phenoxy) is 1. The fourth-order valence-corrected chi connectivity index (χ4v) is 2.42. The van der Waals surface area contributed by atoms with Gasteiger partial charge >= 0.3 is 5.97 Å². The van der Waals surface area contributed by atoms with E-state index in [0.29, 0.717) is 12.2 Å². The van der Waals surface area contributed by atoms with Crippen LogP contribution in [0.1, 0.15) is 16.6 Å². The Balaban J connectivity index is 2.54. The molecule has 1 N–H and O–H groups in total. The van der Waals surface area contributed by atoms with E-state index >= 15 is 0 Å². The van der Waals surface area contributed by atoms with Crippen LogP contribution in [0, 0.1) is 5.82 Å². The van der Waals surface area contributed by atoms with Crippen molar-refractivity contribution in [3.63, 3.8) is 0 Å². The second kappa shape index (κ2) is 5.18. The molecule has 3 nitrogen and oxygen atoms in total. The minimum Gasteiger partial charge on any atom is -0.491 e. The average Bonchev–Trinajstić information content (AvgIpc) is 2.81. The highest BCUT2D eigenvalue weighted by Crippen LogP contribution is 2.33. The van der Waals surface area contributed by atoms with Crippen molar-refractivity contribution in [3.8, 4) is 16.9 Å². The zero-order valence-electron chi connectivity index (χ0n) is 9.64. The highest BCUT2D eigenvalue weighted by Gasteiger charge is 2.18. The summed E-state index contributed by atoms with van der Waals surface area (Å²) in [6, 6.07) is 6.32. The Bertz CT molecular complexity index is 577. The summed E-state index contributed by atoms with van der Waals surface area (Å²) >= 11 is 1.07. The molecule has 0 aliphatic heterocycles. The summed E-state index contributed by atoms with van der Waals surface area (Å²) in [4.78, 5) is 11.2. The van der Waals surface area contributed by atoms with Gasteiger partial charge < -0.3 is 9.84 Å². The van der Waals surface area contributed by atoms with Crippen molar-refractivity contribution < 1.29 is 19.0 Å². The predicted molar refractivity (Wildman–Crippen MR) is 67.8 cm³/mol. The Morgan fingerprint density at radius 3 is 2.83 bits per heavy atom. The monoisotopic (exact) mass is 266 g/mol. The van der Waals surface area contributed by atoms with E-state index in [0.717, 1.165) is 11.3 Å². The zero-order chi connectivity index (χ0) is 13.1. The van der Waals surface area contributed by atoms with Crippen molar-refractivity contribution >= 4 is 17.3 Å². The molecule has 0 fully saturated rings. The largest absolute Gasteiger partial charge is 0.491 e. The van der Waals surface area contributed by atoms with E-state index in [1.807, 2.05) is 0 Å². The minimum atomic E-state index is -1.05. The van der Waals surface area contributed by atoms with Gasteiger partial charge in [0.2, 0.25) is 0 Å². The molecule has 1 aromatic carbocycles. The zero-order valence-corrected chi connectivity index (χ0v) is 10.5. The van der Waals surface area contributed by atoms with E-state index in [-0.39, 0.29) is 16.2 Å². The molecular formula is C13H11FO3S. The topological polar surface area (TPSA) is 46.5 Å². The van der Waals surface area contributed by atoms with Crippen molar-refractivity contribution in [2.75, 3.05) is 6.61 Å². The number of carbonyl (C=O) groups is 1. The van der Waals surface area contributed by atoms with E-state index < -0.39 is 11.8 Å². The summed E-state index contributed by atoms with van der Waals surface area (Å²) in [5, 5.41) is 10.7. The molecule has 94 valence electrons. The molecule has 2 aromatic rings. The third-order valence-corrected chi connectivity index (χ3v) is 3.32. The highest BCUT2D eigenvalue weighted by molar-refractivity contribution is 7.12. The van der Waals surface area contributed by atoms with Crippen LogP contribution in [0.3, 0.4) is 0 Å². The number of benzene rings is 1. The van der Waals surface area contributed by atoms with Crippen LogP contribution in [0.2, 0.25) is 0 Å². The summed E-state index contributed by atoms with van der Waals surface area (Å²) in [5.41, 5.74) is 0.631. The van der Waals surface area contributed by atoms with Gasteiger partial charge in [-0.05, 0) is 24.4 Å². The molecule has 0 bridgehead atoms. The molecule has 1 heterocycles. The number of carboxylic acids is 1. The Kier molecular flexibility index (Phi) is 3.62. The number of rotatable bonds is 4. The van der Waals surface area contributed by atoms with E-state index in [2.05, 4.69) is 0 Å². The Morgan fingerprint density at radius 2 is 2.17 bits per heavy atom. The van der Waals surface area contributed by atoms with Crippen LogP contribution in [0.15, 0.2) is 29.6 Å². The van der Waals surface area contributed by atoms with Gasteiger partial charge in [0.15, 0.2) is 11.6 Å². The standard InChI is InChI=1S/C13H11FO3S/c1-2-17-10-5-3-4-8(11(10)14)9-6-7-18-12(9)13(15)16/h3-7H,2H2,1H3,(H,15,16). The Morgan fingerprint density at radius 1 is 1.39 bits per heavy atom. The second-order valence-corrected chi connectivity index (χ2v) is 4.44. The number of hydrogen-bond acceptors (Lipinski definition) is 3. The molecular weight excluding hydrogens is 255 g/mol. The van der Waals surface area contributed by atoms with Crippen molar-refractivity contribution in [2.45, 2.75) is 6.92 Å². The molecule has 0 saturated carbocycles. The molecule has 1 aromatic heterocycles.